The topological polar surface area (TPSA) is 71.3 Å². The van der Waals surface area contributed by atoms with Crippen molar-refractivity contribution in [3.63, 3.8) is 0 Å². The van der Waals surface area contributed by atoms with Crippen LogP contribution < -0.4 is 10.6 Å². The molecule has 0 saturated heterocycles. The first-order valence-corrected chi connectivity index (χ1v) is 6.32. The second-order valence-corrected chi connectivity index (χ2v) is 4.41. The normalized spacial score (nSPS) is 10.1. The van der Waals surface area contributed by atoms with Crippen molar-refractivity contribution in [2.75, 3.05) is 12.4 Å². The molecule has 2 aromatic rings. The SMILES string of the molecule is CNC(=O)Cc1ccccc1NC(=O)c1ccoc1Cl. The van der Waals surface area contributed by atoms with Crippen molar-refractivity contribution in [3.8, 4) is 0 Å². The fourth-order valence-electron chi connectivity index (χ4n) is 1.70. The van der Waals surface area contributed by atoms with E-state index in [2.05, 4.69) is 10.6 Å². The lowest BCUT2D eigenvalue weighted by atomic mass is 10.1. The predicted molar refractivity (Wildman–Crippen MR) is 75.9 cm³/mol. The maximum atomic E-state index is 12.0. The van der Waals surface area contributed by atoms with Gasteiger partial charge in [0.2, 0.25) is 11.1 Å². The minimum Gasteiger partial charge on any atom is -0.452 e. The van der Waals surface area contributed by atoms with Crippen LogP contribution in [0.3, 0.4) is 0 Å². The Morgan fingerprint density at radius 1 is 1.25 bits per heavy atom. The molecule has 6 heteroatoms. The van der Waals surface area contributed by atoms with Crippen LogP contribution in [0.4, 0.5) is 5.69 Å². The summed E-state index contributed by atoms with van der Waals surface area (Å²) in [4.78, 5) is 23.5. The smallest absolute Gasteiger partial charge is 0.260 e. The van der Waals surface area contributed by atoms with E-state index in [4.69, 9.17) is 16.0 Å². The first-order chi connectivity index (χ1) is 9.61. The van der Waals surface area contributed by atoms with Crippen molar-refractivity contribution in [3.05, 3.63) is 52.9 Å². The number of halogens is 1. The summed E-state index contributed by atoms with van der Waals surface area (Å²) in [5, 5.41) is 5.30. The molecule has 104 valence electrons. The molecule has 1 aromatic carbocycles. The van der Waals surface area contributed by atoms with Crippen LogP contribution in [-0.2, 0) is 11.2 Å². The highest BCUT2D eigenvalue weighted by atomic mass is 35.5. The molecule has 0 aliphatic carbocycles. The zero-order chi connectivity index (χ0) is 14.5. The number of rotatable bonds is 4. The average Bonchev–Trinajstić information content (AvgIpc) is 2.87. The van der Waals surface area contributed by atoms with Gasteiger partial charge in [-0.3, -0.25) is 9.59 Å². The number of hydrogen-bond acceptors (Lipinski definition) is 3. The number of carbonyl (C=O) groups is 2. The molecule has 1 heterocycles. The number of nitrogens with one attached hydrogen (secondary N) is 2. The van der Waals surface area contributed by atoms with Gasteiger partial charge < -0.3 is 15.1 Å². The lowest BCUT2D eigenvalue weighted by molar-refractivity contribution is -0.119. The second-order valence-electron chi connectivity index (χ2n) is 4.07. The van der Waals surface area contributed by atoms with E-state index in [0.29, 0.717) is 5.69 Å². The number of hydrogen-bond donors (Lipinski definition) is 2. The fourth-order valence-corrected chi connectivity index (χ4v) is 1.90. The number of amides is 2. The molecular formula is C14H13ClN2O3. The third kappa shape index (κ3) is 3.19. The minimum absolute atomic E-state index is 0.0336. The van der Waals surface area contributed by atoms with Crippen molar-refractivity contribution in [1.82, 2.24) is 5.32 Å². The molecule has 0 fully saturated rings. The average molecular weight is 293 g/mol. The molecule has 20 heavy (non-hydrogen) atoms. The molecule has 0 aliphatic heterocycles. The summed E-state index contributed by atoms with van der Waals surface area (Å²) in [5.74, 6) is -0.513. The minimum atomic E-state index is -0.381. The molecule has 2 amide bonds. The molecule has 5 nitrogen and oxygen atoms in total. The van der Waals surface area contributed by atoms with Crippen LogP contribution in [0.25, 0.3) is 0 Å². The number of furan rings is 1. The Kier molecular flexibility index (Phi) is 4.42. The Bertz CT molecular complexity index is 637. The van der Waals surface area contributed by atoms with Crippen LogP contribution in [0.1, 0.15) is 15.9 Å². The maximum Gasteiger partial charge on any atom is 0.260 e. The molecule has 0 atom stereocenters. The summed E-state index contributed by atoms with van der Waals surface area (Å²) in [6.45, 7) is 0. The fraction of sp³-hybridized carbons (Fsp3) is 0.143. The van der Waals surface area contributed by atoms with Crippen LogP contribution in [0.2, 0.25) is 5.22 Å². The maximum absolute atomic E-state index is 12.0. The summed E-state index contributed by atoms with van der Waals surface area (Å²) in [6, 6.07) is 8.57. The van der Waals surface area contributed by atoms with Gasteiger partial charge in [0.25, 0.3) is 5.91 Å². The van der Waals surface area contributed by atoms with Gasteiger partial charge in [-0.15, -0.1) is 0 Å². The highest BCUT2D eigenvalue weighted by Gasteiger charge is 2.15. The van der Waals surface area contributed by atoms with Crippen molar-refractivity contribution < 1.29 is 14.0 Å². The van der Waals surface area contributed by atoms with E-state index >= 15 is 0 Å². The van der Waals surface area contributed by atoms with Crippen molar-refractivity contribution in [2.45, 2.75) is 6.42 Å². The molecule has 1 aromatic heterocycles. The third-order valence-electron chi connectivity index (χ3n) is 2.76. The van der Waals surface area contributed by atoms with Gasteiger partial charge in [-0.05, 0) is 29.3 Å². The van der Waals surface area contributed by atoms with Gasteiger partial charge in [0, 0.05) is 12.7 Å². The number of anilines is 1. The van der Waals surface area contributed by atoms with E-state index in [1.807, 2.05) is 0 Å². The van der Waals surface area contributed by atoms with Gasteiger partial charge in [0.1, 0.15) is 0 Å². The summed E-state index contributed by atoms with van der Waals surface area (Å²) < 4.78 is 4.88. The number of para-hydroxylation sites is 1. The summed E-state index contributed by atoms with van der Waals surface area (Å²) in [7, 11) is 1.56. The van der Waals surface area contributed by atoms with Gasteiger partial charge in [-0.2, -0.15) is 0 Å². The molecule has 0 unspecified atom stereocenters. The lowest BCUT2D eigenvalue weighted by Gasteiger charge is -2.10. The molecule has 2 rings (SSSR count). The summed E-state index contributed by atoms with van der Waals surface area (Å²) in [6.07, 6.45) is 1.53. The van der Waals surface area contributed by atoms with Gasteiger partial charge in [0.05, 0.1) is 18.2 Å². The Morgan fingerprint density at radius 2 is 2.00 bits per heavy atom. The summed E-state index contributed by atoms with van der Waals surface area (Å²) in [5.41, 5.74) is 1.54. The Morgan fingerprint density at radius 3 is 2.65 bits per heavy atom. The molecule has 0 radical (unpaired) electrons. The van der Waals surface area contributed by atoms with Crippen molar-refractivity contribution in [1.29, 1.82) is 0 Å². The van der Waals surface area contributed by atoms with Crippen LogP contribution in [-0.4, -0.2) is 18.9 Å². The Hall–Kier alpha value is -2.27. The van der Waals surface area contributed by atoms with Crippen LogP contribution >= 0.6 is 11.6 Å². The van der Waals surface area contributed by atoms with E-state index in [1.54, 1.807) is 31.3 Å². The zero-order valence-corrected chi connectivity index (χ0v) is 11.5. The van der Waals surface area contributed by atoms with Gasteiger partial charge in [-0.25, -0.2) is 0 Å². The molecular weight excluding hydrogens is 280 g/mol. The quantitative estimate of drug-likeness (QED) is 0.909. The molecule has 2 N–H and O–H groups in total. The lowest BCUT2D eigenvalue weighted by Crippen LogP contribution is -2.21. The van der Waals surface area contributed by atoms with E-state index < -0.39 is 0 Å². The third-order valence-corrected chi connectivity index (χ3v) is 3.05. The van der Waals surface area contributed by atoms with E-state index in [-0.39, 0.29) is 29.0 Å². The Balaban J connectivity index is 2.19. The van der Waals surface area contributed by atoms with Crippen molar-refractivity contribution >= 4 is 29.1 Å². The molecule has 0 spiro atoms. The Labute approximate surface area is 120 Å². The van der Waals surface area contributed by atoms with Crippen molar-refractivity contribution in [2.24, 2.45) is 0 Å². The van der Waals surface area contributed by atoms with Crippen LogP contribution in [0, 0.1) is 0 Å². The number of benzene rings is 1. The van der Waals surface area contributed by atoms with E-state index in [1.165, 1.54) is 12.3 Å². The predicted octanol–water partition coefficient (Wildman–Crippen LogP) is 2.47. The van der Waals surface area contributed by atoms with E-state index in [9.17, 15) is 9.59 Å². The highest BCUT2D eigenvalue weighted by molar-refractivity contribution is 6.32. The first-order valence-electron chi connectivity index (χ1n) is 5.94. The highest BCUT2D eigenvalue weighted by Crippen LogP contribution is 2.21. The number of likely N-dealkylation sites (N-methyl/N-ethyl adjacent to an activating group) is 1. The molecule has 0 bridgehead atoms. The van der Waals surface area contributed by atoms with Gasteiger partial charge >= 0.3 is 0 Å². The van der Waals surface area contributed by atoms with Crippen LogP contribution in [0.15, 0.2) is 41.0 Å². The molecule has 0 aliphatic rings. The zero-order valence-electron chi connectivity index (χ0n) is 10.8. The second kappa shape index (κ2) is 6.25. The largest absolute Gasteiger partial charge is 0.452 e. The molecule has 0 saturated carbocycles. The van der Waals surface area contributed by atoms with Gasteiger partial charge in [0.15, 0.2) is 0 Å². The first kappa shape index (κ1) is 14.1. The number of carbonyl (C=O) groups excluding carboxylic acids is 2. The monoisotopic (exact) mass is 292 g/mol. The van der Waals surface area contributed by atoms with E-state index in [0.717, 1.165) is 5.56 Å². The summed E-state index contributed by atoms with van der Waals surface area (Å²) >= 11 is 5.76. The van der Waals surface area contributed by atoms with Gasteiger partial charge in [-0.1, -0.05) is 18.2 Å². The standard InChI is InChI=1S/C14H13ClN2O3/c1-16-12(18)8-9-4-2-3-5-11(9)17-14(19)10-6-7-20-13(10)15/h2-7H,8H2,1H3,(H,16,18)(H,17,19). The van der Waals surface area contributed by atoms with Crippen LogP contribution in [0.5, 0.6) is 0 Å².